The summed E-state index contributed by atoms with van der Waals surface area (Å²) in [6.07, 6.45) is 0. The van der Waals surface area contributed by atoms with Crippen LogP contribution in [0.2, 0.25) is 0 Å². The van der Waals surface area contributed by atoms with E-state index in [0.717, 1.165) is 22.8 Å². The van der Waals surface area contributed by atoms with Crippen molar-refractivity contribution in [1.29, 1.82) is 0 Å². The molecule has 0 bridgehead atoms. The van der Waals surface area contributed by atoms with Crippen LogP contribution in [0.3, 0.4) is 0 Å². The number of benzene rings is 1. The second-order valence-electron chi connectivity index (χ2n) is 3.87. The van der Waals surface area contributed by atoms with E-state index in [2.05, 4.69) is 10.1 Å². The molecule has 1 aromatic carbocycles. The summed E-state index contributed by atoms with van der Waals surface area (Å²) in [7, 11) is 1.64. The lowest BCUT2D eigenvalue weighted by Gasteiger charge is -2.10. The molecule has 1 heterocycles. The molecule has 0 aliphatic carbocycles. The van der Waals surface area contributed by atoms with Gasteiger partial charge in [-0.05, 0) is 31.5 Å². The highest BCUT2D eigenvalue weighted by molar-refractivity contribution is 5.48. The maximum Gasteiger partial charge on any atom is 0.148 e. The van der Waals surface area contributed by atoms with E-state index in [-0.39, 0.29) is 0 Å². The summed E-state index contributed by atoms with van der Waals surface area (Å²) < 4.78 is 7.07. The van der Waals surface area contributed by atoms with Gasteiger partial charge in [0.1, 0.15) is 23.1 Å². The fraction of sp³-hybridized carbons (Fsp3) is 0.333. The van der Waals surface area contributed by atoms with Crippen molar-refractivity contribution in [3.05, 3.63) is 35.4 Å². The summed E-state index contributed by atoms with van der Waals surface area (Å²) in [5, 5.41) is 4.35. The van der Waals surface area contributed by atoms with Gasteiger partial charge in [-0.15, -0.1) is 0 Å². The Morgan fingerprint density at radius 1 is 1.35 bits per heavy atom. The zero-order valence-electron chi connectivity index (χ0n) is 10.3. The van der Waals surface area contributed by atoms with Crippen LogP contribution in [0.1, 0.15) is 17.2 Å². The molecule has 2 N–H and O–H groups in total. The first kappa shape index (κ1) is 11.6. The van der Waals surface area contributed by atoms with Crippen LogP contribution in [0, 0.1) is 13.8 Å². The molecule has 0 spiro atoms. The number of hydrogen-bond acceptors (Lipinski definition) is 4. The molecule has 0 saturated heterocycles. The number of aryl methyl sites for hydroxylation is 2. The normalized spacial score (nSPS) is 10.6. The van der Waals surface area contributed by atoms with Crippen molar-refractivity contribution in [3.63, 3.8) is 0 Å². The van der Waals surface area contributed by atoms with Crippen LogP contribution in [-0.2, 0) is 6.54 Å². The quantitative estimate of drug-likeness (QED) is 0.867. The number of aromatic nitrogens is 3. The Morgan fingerprint density at radius 3 is 2.76 bits per heavy atom. The molecule has 1 aromatic heterocycles. The van der Waals surface area contributed by atoms with Gasteiger partial charge in [0.25, 0.3) is 0 Å². The fourth-order valence-electron chi connectivity index (χ4n) is 1.75. The minimum absolute atomic E-state index is 0.345. The molecule has 0 aliphatic rings. The lowest BCUT2D eigenvalue weighted by Crippen LogP contribution is -2.09. The Morgan fingerprint density at radius 2 is 2.12 bits per heavy atom. The van der Waals surface area contributed by atoms with Crippen molar-refractivity contribution >= 4 is 0 Å². The van der Waals surface area contributed by atoms with E-state index >= 15 is 0 Å². The minimum atomic E-state index is 0.345. The highest BCUT2D eigenvalue weighted by atomic mass is 16.5. The standard InChI is InChI=1S/C12H16N4O/c1-8-4-5-11(17-3)10(6-8)16-12(7-13)14-9(2)15-16/h4-6H,7,13H2,1-3H3. The molecule has 2 aromatic rings. The summed E-state index contributed by atoms with van der Waals surface area (Å²) in [4.78, 5) is 4.28. The smallest absolute Gasteiger partial charge is 0.148 e. The van der Waals surface area contributed by atoms with Crippen LogP contribution < -0.4 is 10.5 Å². The van der Waals surface area contributed by atoms with Crippen LogP contribution in [-0.4, -0.2) is 21.9 Å². The Kier molecular flexibility index (Phi) is 3.10. The highest BCUT2D eigenvalue weighted by Gasteiger charge is 2.12. The second-order valence-corrected chi connectivity index (χ2v) is 3.87. The van der Waals surface area contributed by atoms with Gasteiger partial charge < -0.3 is 10.5 Å². The van der Waals surface area contributed by atoms with E-state index in [1.165, 1.54) is 0 Å². The third-order valence-corrected chi connectivity index (χ3v) is 2.53. The molecule has 0 aliphatic heterocycles. The Hall–Kier alpha value is -1.88. The Balaban J connectivity index is 2.61. The van der Waals surface area contributed by atoms with E-state index in [9.17, 15) is 0 Å². The summed E-state index contributed by atoms with van der Waals surface area (Å²) in [5.41, 5.74) is 7.67. The molecule has 17 heavy (non-hydrogen) atoms. The molecule has 0 saturated carbocycles. The lowest BCUT2D eigenvalue weighted by atomic mass is 10.2. The Bertz CT molecular complexity index is 533. The fourth-order valence-corrected chi connectivity index (χ4v) is 1.75. The van der Waals surface area contributed by atoms with Gasteiger partial charge in [-0.2, -0.15) is 5.10 Å². The van der Waals surface area contributed by atoms with E-state index < -0.39 is 0 Å². The summed E-state index contributed by atoms with van der Waals surface area (Å²) >= 11 is 0. The van der Waals surface area contributed by atoms with Crippen LogP contribution >= 0.6 is 0 Å². The molecular weight excluding hydrogens is 216 g/mol. The van der Waals surface area contributed by atoms with Crippen molar-refractivity contribution in [2.45, 2.75) is 20.4 Å². The second kappa shape index (κ2) is 4.55. The SMILES string of the molecule is COc1ccc(C)cc1-n1nc(C)nc1CN. The molecule has 2 rings (SSSR count). The number of rotatable bonds is 3. The van der Waals surface area contributed by atoms with Crippen LogP contribution in [0.4, 0.5) is 0 Å². The number of nitrogens with zero attached hydrogens (tertiary/aromatic N) is 3. The average Bonchev–Trinajstić information content (AvgIpc) is 2.70. The topological polar surface area (TPSA) is 66.0 Å². The number of nitrogens with two attached hydrogens (primary N) is 1. The first-order valence-electron chi connectivity index (χ1n) is 5.43. The maximum absolute atomic E-state index is 5.67. The number of ether oxygens (including phenoxy) is 1. The van der Waals surface area contributed by atoms with Crippen molar-refractivity contribution in [2.75, 3.05) is 7.11 Å². The number of methoxy groups -OCH3 is 1. The van der Waals surface area contributed by atoms with Crippen molar-refractivity contribution < 1.29 is 4.74 Å². The third-order valence-electron chi connectivity index (χ3n) is 2.53. The minimum Gasteiger partial charge on any atom is -0.494 e. The largest absolute Gasteiger partial charge is 0.494 e. The molecule has 90 valence electrons. The molecule has 0 amide bonds. The van der Waals surface area contributed by atoms with Gasteiger partial charge in [0, 0.05) is 0 Å². The van der Waals surface area contributed by atoms with Gasteiger partial charge in [0.2, 0.25) is 0 Å². The van der Waals surface area contributed by atoms with Gasteiger partial charge in [-0.1, -0.05) is 6.07 Å². The summed E-state index contributed by atoms with van der Waals surface area (Å²) in [6, 6.07) is 5.92. The molecule has 0 unspecified atom stereocenters. The van der Waals surface area contributed by atoms with Gasteiger partial charge in [0.15, 0.2) is 0 Å². The van der Waals surface area contributed by atoms with Crippen LogP contribution in [0.15, 0.2) is 18.2 Å². The van der Waals surface area contributed by atoms with Crippen molar-refractivity contribution in [1.82, 2.24) is 14.8 Å². The van der Waals surface area contributed by atoms with Gasteiger partial charge >= 0.3 is 0 Å². The van der Waals surface area contributed by atoms with Crippen molar-refractivity contribution in [3.8, 4) is 11.4 Å². The third kappa shape index (κ3) is 2.14. The molecule has 5 heteroatoms. The maximum atomic E-state index is 5.67. The predicted molar refractivity (Wildman–Crippen MR) is 65.3 cm³/mol. The molecule has 0 radical (unpaired) electrons. The first-order valence-corrected chi connectivity index (χ1v) is 5.43. The molecule has 0 fully saturated rings. The van der Waals surface area contributed by atoms with Gasteiger partial charge in [0.05, 0.1) is 13.7 Å². The van der Waals surface area contributed by atoms with E-state index in [0.29, 0.717) is 12.4 Å². The average molecular weight is 232 g/mol. The molecule has 5 nitrogen and oxygen atoms in total. The zero-order chi connectivity index (χ0) is 12.4. The highest BCUT2D eigenvalue weighted by Crippen LogP contribution is 2.24. The van der Waals surface area contributed by atoms with E-state index in [1.807, 2.05) is 32.0 Å². The van der Waals surface area contributed by atoms with Crippen molar-refractivity contribution in [2.24, 2.45) is 5.73 Å². The Labute approximate surface area is 100 Å². The molecule has 0 atom stereocenters. The van der Waals surface area contributed by atoms with Crippen LogP contribution in [0.25, 0.3) is 5.69 Å². The summed E-state index contributed by atoms with van der Waals surface area (Å²) in [6.45, 7) is 4.21. The predicted octanol–water partition coefficient (Wildman–Crippen LogP) is 1.35. The van der Waals surface area contributed by atoms with E-state index in [1.54, 1.807) is 11.8 Å². The lowest BCUT2D eigenvalue weighted by molar-refractivity contribution is 0.411. The number of hydrogen-bond donors (Lipinski definition) is 1. The van der Waals surface area contributed by atoms with E-state index in [4.69, 9.17) is 10.5 Å². The monoisotopic (exact) mass is 232 g/mol. The zero-order valence-corrected chi connectivity index (χ0v) is 10.3. The molecular formula is C12H16N4O. The first-order chi connectivity index (χ1) is 8.15. The van der Waals surface area contributed by atoms with Gasteiger partial charge in [-0.25, -0.2) is 9.67 Å². The van der Waals surface area contributed by atoms with Crippen LogP contribution in [0.5, 0.6) is 5.75 Å². The summed E-state index contributed by atoms with van der Waals surface area (Å²) in [5.74, 6) is 2.19. The van der Waals surface area contributed by atoms with Gasteiger partial charge in [-0.3, -0.25) is 0 Å².